The molecule has 1 aromatic carbocycles. The third kappa shape index (κ3) is 3.30. The third-order valence-corrected chi connectivity index (χ3v) is 3.61. The average Bonchev–Trinajstić information content (AvgIpc) is 2.37. The zero-order valence-corrected chi connectivity index (χ0v) is 11.8. The van der Waals surface area contributed by atoms with Crippen LogP contribution < -0.4 is 15.4 Å². The monoisotopic (exact) mass is 268 g/mol. The molecule has 0 aliphatic carbocycles. The van der Waals surface area contributed by atoms with Gasteiger partial charge in [0.15, 0.2) is 0 Å². The van der Waals surface area contributed by atoms with Crippen LogP contribution in [0.25, 0.3) is 0 Å². The predicted octanol–water partition coefficient (Wildman–Crippen LogP) is 3.21. The van der Waals surface area contributed by atoms with E-state index in [4.69, 9.17) is 16.3 Å². The van der Waals surface area contributed by atoms with E-state index in [1.807, 2.05) is 19.1 Å². The molecule has 1 aromatic rings. The molecular formula is C14H21ClN2O. The summed E-state index contributed by atoms with van der Waals surface area (Å²) < 4.78 is 5.43. The van der Waals surface area contributed by atoms with Crippen LogP contribution in [-0.4, -0.2) is 26.2 Å². The number of piperidine rings is 1. The third-order valence-electron chi connectivity index (χ3n) is 3.39. The first kappa shape index (κ1) is 13.5. The van der Waals surface area contributed by atoms with Gasteiger partial charge in [0.25, 0.3) is 0 Å². The molecule has 1 atom stereocenters. The summed E-state index contributed by atoms with van der Waals surface area (Å²) >= 11 is 6.09. The van der Waals surface area contributed by atoms with Crippen molar-refractivity contribution in [2.45, 2.75) is 32.2 Å². The van der Waals surface area contributed by atoms with Gasteiger partial charge >= 0.3 is 0 Å². The Morgan fingerprint density at radius 3 is 2.94 bits per heavy atom. The number of rotatable bonds is 4. The number of anilines is 1. The summed E-state index contributed by atoms with van der Waals surface area (Å²) in [4.78, 5) is 0. The summed E-state index contributed by atoms with van der Waals surface area (Å²) in [5, 5.41) is 7.71. The lowest BCUT2D eigenvalue weighted by atomic mass is 10.0. The molecule has 1 heterocycles. The molecular weight excluding hydrogens is 248 g/mol. The first-order chi connectivity index (χ1) is 8.70. The van der Waals surface area contributed by atoms with Gasteiger partial charge in [-0.3, -0.25) is 0 Å². The molecule has 0 spiro atoms. The van der Waals surface area contributed by atoms with Crippen molar-refractivity contribution >= 4 is 17.3 Å². The van der Waals surface area contributed by atoms with Gasteiger partial charge in [-0.25, -0.2) is 0 Å². The van der Waals surface area contributed by atoms with E-state index in [0.717, 1.165) is 35.1 Å². The second kappa shape index (κ2) is 6.30. The van der Waals surface area contributed by atoms with E-state index < -0.39 is 0 Å². The maximum atomic E-state index is 6.09. The highest BCUT2D eigenvalue weighted by Gasteiger charge is 2.14. The summed E-state index contributed by atoms with van der Waals surface area (Å²) in [5.41, 5.74) is 2.04. The molecule has 1 aliphatic heterocycles. The lowest BCUT2D eigenvalue weighted by Gasteiger charge is -2.24. The number of halogens is 1. The minimum atomic E-state index is 0.544. The van der Waals surface area contributed by atoms with Crippen molar-refractivity contribution in [3.63, 3.8) is 0 Å². The molecule has 3 nitrogen and oxygen atoms in total. The Hall–Kier alpha value is -0.930. The van der Waals surface area contributed by atoms with Gasteiger partial charge in [0, 0.05) is 17.6 Å². The second-order valence-corrected chi connectivity index (χ2v) is 5.27. The molecule has 2 N–H and O–H groups in total. The average molecular weight is 269 g/mol. The molecule has 0 aromatic heterocycles. The van der Waals surface area contributed by atoms with Crippen LogP contribution in [0.5, 0.6) is 5.75 Å². The van der Waals surface area contributed by atoms with Crippen molar-refractivity contribution < 1.29 is 4.74 Å². The number of ether oxygens (including phenoxy) is 1. The van der Waals surface area contributed by atoms with E-state index >= 15 is 0 Å². The summed E-state index contributed by atoms with van der Waals surface area (Å²) in [6.07, 6.45) is 3.83. The van der Waals surface area contributed by atoms with Crippen LogP contribution >= 0.6 is 11.6 Å². The number of benzene rings is 1. The van der Waals surface area contributed by atoms with Gasteiger partial charge in [0.1, 0.15) is 5.75 Å². The van der Waals surface area contributed by atoms with Crippen LogP contribution in [0.4, 0.5) is 5.69 Å². The first-order valence-electron chi connectivity index (χ1n) is 6.52. The van der Waals surface area contributed by atoms with E-state index in [1.54, 1.807) is 7.11 Å². The van der Waals surface area contributed by atoms with Crippen molar-refractivity contribution in [2.24, 2.45) is 0 Å². The largest absolute Gasteiger partial charge is 0.494 e. The fourth-order valence-corrected chi connectivity index (χ4v) is 2.74. The summed E-state index contributed by atoms with van der Waals surface area (Å²) in [6, 6.07) is 4.39. The van der Waals surface area contributed by atoms with Gasteiger partial charge in [-0.2, -0.15) is 0 Å². The minimum Gasteiger partial charge on any atom is -0.494 e. The molecule has 1 saturated heterocycles. The number of nitrogens with one attached hydrogen (secondary N) is 2. The molecule has 1 aliphatic rings. The van der Waals surface area contributed by atoms with E-state index in [9.17, 15) is 0 Å². The van der Waals surface area contributed by atoms with Gasteiger partial charge in [-0.15, -0.1) is 0 Å². The van der Waals surface area contributed by atoms with Gasteiger partial charge in [0.2, 0.25) is 0 Å². The van der Waals surface area contributed by atoms with E-state index in [1.165, 1.54) is 19.3 Å². The van der Waals surface area contributed by atoms with Crippen molar-refractivity contribution in [3.05, 3.63) is 22.7 Å². The predicted molar refractivity (Wildman–Crippen MR) is 76.9 cm³/mol. The van der Waals surface area contributed by atoms with Crippen molar-refractivity contribution in [2.75, 3.05) is 25.5 Å². The SMILES string of the molecule is COc1c(C)cc(Cl)cc1NCC1CCCCN1. The molecule has 2 rings (SSSR count). The van der Waals surface area contributed by atoms with Gasteiger partial charge < -0.3 is 15.4 Å². The van der Waals surface area contributed by atoms with E-state index in [0.29, 0.717) is 6.04 Å². The maximum absolute atomic E-state index is 6.09. The molecule has 1 fully saturated rings. The normalized spacial score (nSPS) is 19.6. The Morgan fingerprint density at radius 1 is 1.44 bits per heavy atom. The zero-order chi connectivity index (χ0) is 13.0. The molecule has 0 amide bonds. The molecule has 100 valence electrons. The van der Waals surface area contributed by atoms with Crippen molar-refractivity contribution in [1.29, 1.82) is 0 Å². The molecule has 1 unspecified atom stereocenters. The highest BCUT2D eigenvalue weighted by molar-refractivity contribution is 6.31. The van der Waals surface area contributed by atoms with Crippen LogP contribution in [0.15, 0.2) is 12.1 Å². The van der Waals surface area contributed by atoms with Crippen LogP contribution in [0.3, 0.4) is 0 Å². The number of hydrogen-bond donors (Lipinski definition) is 2. The smallest absolute Gasteiger partial charge is 0.144 e. The standard InChI is InChI=1S/C14H21ClN2O/c1-10-7-11(15)8-13(14(10)18-2)17-9-12-5-3-4-6-16-12/h7-8,12,16-17H,3-6,9H2,1-2H3. The number of aryl methyl sites for hydroxylation is 1. The van der Waals surface area contributed by atoms with Crippen molar-refractivity contribution in [3.8, 4) is 5.75 Å². The minimum absolute atomic E-state index is 0.544. The highest BCUT2D eigenvalue weighted by atomic mass is 35.5. The Balaban J connectivity index is 2.03. The quantitative estimate of drug-likeness (QED) is 0.880. The van der Waals surface area contributed by atoms with Crippen LogP contribution in [0.1, 0.15) is 24.8 Å². The van der Waals surface area contributed by atoms with Gasteiger partial charge in [-0.05, 0) is 44.0 Å². The Kier molecular flexibility index (Phi) is 4.72. The van der Waals surface area contributed by atoms with Crippen LogP contribution in [-0.2, 0) is 0 Å². The van der Waals surface area contributed by atoms with E-state index in [-0.39, 0.29) is 0 Å². The number of hydrogen-bond acceptors (Lipinski definition) is 3. The number of methoxy groups -OCH3 is 1. The maximum Gasteiger partial charge on any atom is 0.144 e. The van der Waals surface area contributed by atoms with Crippen LogP contribution in [0.2, 0.25) is 5.02 Å². The Morgan fingerprint density at radius 2 is 2.28 bits per heavy atom. The molecule has 0 radical (unpaired) electrons. The molecule has 0 bridgehead atoms. The first-order valence-corrected chi connectivity index (χ1v) is 6.90. The summed E-state index contributed by atoms with van der Waals surface area (Å²) in [5.74, 6) is 0.884. The van der Waals surface area contributed by atoms with Gasteiger partial charge in [0.05, 0.1) is 12.8 Å². The fraction of sp³-hybridized carbons (Fsp3) is 0.571. The lowest BCUT2D eigenvalue weighted by Crippen LogP contribution is -2.39. The zero-order valence-electron chi connectivity index (χ0n) is 11.1. The summed E-state index contributed by atoms with van der Waals surface area (Å²) in [6.45, 7) is 4.04. The molecule has 4 heteroatoms. The second-order valence-electron chi connectivity index (χ2n) is 4.83. The topological polar surface area (TPSA) is 33.3 Å². The van der Waals surface area contributed by atoms with Crippen LogP contribution in [0, 0.1) is 6.92 Å². The molecule has 18 heavy (non-hydrogen) atoms. The lowest BCUT2D eigenvalue weighted by molar-refractivity contribution is 0.406. The Bertz CT molecular complexity index is 403. The van der Waals surface area contributed by atoms with E-state index in [2.05, 4.69) is 10.6 Å². The fourth-order valence-electron chi connectivity index (χ4n) is 2.46. The molecule has 0 saturated carbocycles. The highest BCUT2D eigenvalue weighted by Crippen LogP contribution is 2.32. The Labute approximate surface area is 114 Å². The van der Waals surface area contributed by atoms with Crippen molar-refractivity contribution in [1.82, 2.24) is 5.32 Å². The summed E-state index contributed by atoms with van der Waals surface area (Å²) in [7, 11) is 1.69. The van der Waals surface area contributed by atoms with Gasteiger partial charge in [-0.1, -0.05) is 18.0 Å².